The summed E-state index contributed by atoms with van der Waals surface area (Å²) in [6.07, 6.45) is 1.65. The van der Waals surface area contributed by atoms with Gasteiger partial charge in [-0.3, -0.25) is 14.2 Å². The number of aryl methyl sites for hydroxylation is 1. The fourth-order valence-corrected chi connectivity index (χ4v) is 3.72. The number of esters is 1. The van der Waals surface area contributed by atoms with Crippen molar-refractivity contribution < 1.29 is 14.3 Å². The molecule has 1 aliphatic heterocycles. The van der Waals surface area contributed by atoms with Crippen molar-refractivity contribution >= 4 is 34.1 Å². The predicted octanol–water partition coefficient (Wildman–Crippen LogP) is 1.88. The van der Waals surface area contributed by atoms with Crippen molar-refractivity contribution in [1.29, 1.82) is 0 Å². The average molecular weight is 383 g/mol. The van der Waals surface area contributed by atoms with Gasteiger partial charge in [-0.15, -0.1) is 11.3 Å². The second-order valence-corrected chi connectivity index (χ2v) is 7.28. The minimum Gasteiger partial charge on any atom is -0.452 e. The normalized spacial score (nSPS) is 12.7. The van der Waals surface area contributed by atoms with E-state index in [4.69, 9.17) is 4.74 Å². The van der Waals surface area contributed by atoms with Gasteiger partial charge in [0.15, 0.2) is 6.61 Å². The van der Waals surface area contributed by atoms with Crippen LogP contribution in [-0.2, 0) is 29.0 Å². The van der Waals surface area contributed by atoms with Gasteiger partial charge in [0.2, 0.25) is 0 Å². The quantitative estimate of drug-likeness (QED) is 0.680. The summed E-state index contributed by atoms with van der Waals surface area (Å²) in [6.45, 7) is 0.729. The third-order valence-electron chi connectivity index (χ3n) is 4.43. The van der Waals surface area contributed by atoms with E-state index in [9.17, 15) is 14.4 Å². The smallest absolute Gasteiger partial charge is 0.338 e. The summed E-state index contributed by atoms with van der Waals surface area (Å²) in [5.74, 6) is -0.247. The van der Waals surface area contributed by atoms with Crippen LogP contribution in [0.2, 0.25) is 0 Å². The van der Waals surface area contributed by atoms with Crippen LogP contribution in [-0.4, -0.2) is 28.0 Å². The fourth-order valence-electron chi connectivity index (χ4n) is 3.08. The number of nitrogens with zero attached hydrogens (tertiary/aromatic N) is 2. The highest BCUT2D eigenvalue weighted by molar-refractivity contribution is 7.09. The van der Waals surface area contributed by atoms with Gasteiger partial charge >= 0.3 is 5.97 Å². The van der Waals surface area contributed by atoms with E-state index in [1.54, 1.807) is 28.0 Å². The van der Waals surface area contributed by atoms with Crippen LogP contribution >= 0.6 is 11.3 Å². The monoisotopic (exact) mass is 383 g/mol. The summed E-state index contributed by atoms with van der Waals surface area (Å²) >= 11 is 1.54. The standard InChI is InChI=1S/C19H17N3O4S/c23-17(20-10-13-3-2-8-27-13)11-26-19(25)12-5-6-14-15(9-12)21-16-4-1-7-22(16)18(14)24/h2-3,5-6,8-9H,1,4,7,10-11H2,(H,20,23). The molecule has 3 aromatic rings. The van der Waals surface area contributed by atoms with E-state index in [1.807, 2.05) is 17.5 Å². The van der Waals surface area contributed by atoms with Crippen molar-refractivity contribution in [2.75, 3.05) is 6.61 Å². The number of aromatic nitrogens is 2. The van der Waals surface area contributed by atoms with Crippen LogP contribution in [0.25, 0.3) is 10.9 Å². The zero-order chi connectivity index (χ0) is 18.8. The van der Waals surface area contributed by atoms with Crippen molar-refractivity contribution in [1.82, 2.24) is 14.9 Å². The summed E-state index contributed by atoms with van der Waals surface area (Å²) in [4.78, 5) is 42.0. The van der Waals surface area contributed by atoms with E-state index in [-0.39, 0.29) is 23.6 Å². The van der Waals surface area contributed by atoms with Gasteiger partial charge < -0.3 is 10.1 Å². The van der Waals surface area contributed by atoms with Gasteiger partial charge in [-0.1, -0.05) is 6.07 Å². The molecule has 7 nitrogen and oxygen atoms in total. The Labute approximate surface area is 158 Å². The molecular weight excluding hydrogens is 366 g/mol. The molecule has 1 N–H and O–H groups in total. The number of nitrogens with one attached hydrogen (secondary N) is 1. The van der Waals surface area contributed by atoms with Gasteiger partial charge in [-0.25, -0.2) is 9.78 Å². The number of carbonyl (C=O) groups is 2. The number of ether oxygens (including phenoxy) is 1. The molecule has 27 heavy (non-hydrogen) atoms. The van der Waals surface area contributed by atoms with Gasteiger partial charge in [-0.05, 0) is 36.1 Å². The van der Waals surface area contributed by atoms with Crippen LogP contribution in [0, 0.1) is 0 Å². The molecule has 0 aliphatic carbocycles. The molecule has 1 aliphatic rings. The highest BCUT2D eigenvalue weighted by atomic mass is 32.1. The maximum atomic E-state index is 12.4. The molecule has 8 heteroatoms. The molecule has 3 heterocycles. The zero-order valence-corrected chi connectivity index (χ0v) is 15.3. The molecule has 0 bridgehead atoms. The van der Waals surface area contributed by atoms with Gasteiger partial charge in [0.05, 0.1) is 23.0 Å². The number of thiophene rings is 1. The molecule has 0 atom stereocenters. The molecule has 0 unspecified atom stereocenters. The molecule has 1 amide bonds. The highest BCUT2D eigenvalue weighted by Gasteiger charge is 2.18. The molecule has 138 valence electrons. The van der Waals surface area contributed by atoms with Crippen LogP contribution in [0.4, 0.5) is 0 Å². The lowest BCUT2D eigenvalue weighted by molar-refractivity contribution is -0.124. The first kappa shape index (κ1) is 17.4. The summed E-state index contributed by atoms with van der Waals surface area (Å²) in [5, 5.41) is 5.10. The molecule has 1 aromatic carbocycles. The van der Waals surface area contributed by atoms with E-state index in [0.717, 1.165) is 23.5 Å². The van der Waals surface area contributed by atoms with Crippen molar-refractivity contribution in [2.45, 2.75) is 25.9 Å². The number of hydrogen-bond donors (Lipinski definition) is 1. The Bertz CT molecular complexity index is 1070. The average Bonchev–Trinajstić information content (AvgIpc) is 3.36. The third-order valence-corrected chi connectivity index (χ3v) is 5.30. The molecule has 0 spiro atoms. The van der Waals surface area contributed by atoms with Crippen molar-refractivity contribution in [3.63, 3.8) is 0 Å². The van der Waals surface area contributed by atoms with Crippen LogP contribution < -0.4 is 10.9 Å². The van der Waals surface area contributed by atoms with E-state index < -0.39 is 5.97 Å². The predicted molar refractivity (Wildman–Crippen MR) is 101 cm³/mol. The molecule has 0 radical (unpaired) electrons. The van der Waals surface area contributed by atoms with Crippen LogP contribution in [0.1, 0.15) is 27.5 Å². The Morgan fingerprint density at radius 1 is 1.30 bits per heavy atom. The topological polar surface area (TPSA) is 90.3 Å². The summed E-state index contributed by atoms with van der Waals surface area (Å²) in [7, 11) is 0. The van der Waals surface area contributed by atoms with Gasteiger partial charge in [0.25, 0.3) is 11.5 Å². The molecule has 2 aromatic heterocycles. The third kappa shape index (κ3) is 3.61. The maximum absolute atomic E-state index is 12.4. The zero-order valence-electron chi connectivity index (χ0n) is 14.4. The minimum absolute atomic E-state index is 0.0830. The lowest BCUT2D eigenvalue weighted by atomic mass is 10.1. The molecule has 0 fully saturated rings. The Balaban J connectivity index is 1.42. The summed E-state index contributed by atoms with van der Waals surface area (Å²) in [5.41, 5.74) is 0.661. The first-order valence-corrected chi connectivity index (χ1v) is 9.49. The molecule has 4 rings (SSSR count). The Morgan fingerprint density at radius 3 is 3.00 bits per heavy atom. The summed E-state index contributed by atoms with van der Waals surface area (Å²) < 4.78 is 6.75. The molecular formula is C19H17N3O4S. The Hall–Kier alpha value is -3.00. The van der Waals surface area contributed by atoms with Crippen LogP contribution in [0.15, 0.2) is 40.5 Å². The van der Waals surface area contributed by atoms with Gasteiger partial charge in [-0.2, -0.15) is 0 Å². The second-order valence-electron chi connectivity index (χ2n) is 6.25. The Kier molecular flexibility index (Phi) is 4.72. The highest BCUT2D eigenvalue weighted by Crippen LogP contribution is 2.16. The SMILES string of the molecule is O=C(COC(=O)c1ccc2c(=O)n3c(nc2c1)CCC3)NCc1cccs1. The first-order valence-electron chi connectivity index (χ1n) is 8.61. The van der Waals surface area contributed by atoms with E-state index >= 15 is 0 Å². The number of hydrogen-bond acceptors (Lipinski definition) is 6. The summed E-state index contributed by atoms with van der Waals surface area (Å²) in [6, 6.07) is 8.48. The van der Waals surface area contributed by atoms with E-state index in [0.29, 0.717) is 24.0 Å². The lowest BCUT2D eigenvalue weighted by Gasteiger charge is -2.08. The number of benzene rings is 1. The van der Waals surface area contributed by atoms with Crippen LogP contribution in [0.5, 0.6) is 0 Å². The number of rotatable bonds is 5. The van der Waals surface area contributed by atoms with Gasteiger partial charge in [0.1, 0.15) is 5.82 Å². The fraction of sp³-hybridized carbons (Fsp3) is 0.263. The van der Waals surface area contributed by atoms with E-state index in [1.165, 1.54) is 6.07 Å². The van der Waals surface area contributed by atoms with Crippen LogP contribution in [0.3, 0.4) is 0 Å². The number of amides is 1. The maximum Gasteiger partial charge on any atom is 0.338 e. The van der Waals surface area contributed by atoms with E-state index in [2.05, 4.69) is 10.3 Å². The van der Waals surface area contributed by atoms with Gasteiger partial charge in [0, 0.05) is 17.8 Å². The largest absolute Gasteiger partial charge is 0.452 e. The molecule has 0 saturated carbocycles. The number of carbonyl (C=O) groups excluding carboxylic acids is 2. The van der Waals surface area contributed by atoms with Crippen molar-refractivity contribution in [2.24, 2.45) is 0 Å². The van der Waals surface area contributed by atoms with Crippen molar-refractivity contribution in [3.05, 3.63) is 62.3 Å². The van der Waals surface area contributed by atoms with Crippen molar-refractivity contribution in [3.8, 4) is 0 Å². The number of fused-ring (bicyclic) bond motifs is 2. The first-order chi connectivity index (χ1) is 13.1. The Morgan fingerprint density at radius 2 is 2.19 bits per heavy atom. The molecule has 0 saturated heterocycles. The second kappa shape index (κ2) is 7.32. The minimum atomic E-state index is -0.620. The lowest BCUT2D eigenvalue weighted by Crippen LogP contribution is -2.28.